The van der Waals surface area contributed by atoms with Crippen molar-refractivity contribution >= 4 is 40.5 Å². The first-order chi connectivity index (χ1) is 15.5. The Morgan fingerprint density at radius 3 is 2.66 bits per heavy atom. The van der Waals surface area contributed by atoms with Gasteiger partial charge in [0.25, 0.3) is 11.8 Å². The maximum atomic E-state index is 13.3. The Morgan fingerprint density at radius 2 is 1.97 bits per heavy atom. The van der Waals surface area contributed by atoms with Crippen molar-refractivity contribution < 1.29 is 14.3 Å². The number of nitrogens with zero attached hydrogens (tertiary/aromatic N) is 3. The zero-order valence-corrected chi connectivity index (χ0v) is 19.3. The van der Waals surface area contributed by atoms with Crippen LogP contribution in [0.3, 0.4) is 0 Å². The molecule has 8 heteroatoms. The predicted molar refractivity (Wildman–Crippen MR) is 126 cm³/mol. The first-order valence-electron chi connectivity index (χ1n) is 10.0. The Morgan fingerprint density at radius 1 is 1.19 bits per heavy atom. The first-order valence-corrected chi connectivity index (χ1v) is 11.3. The number of ether oxygens (including phenoxy) is 1. The molecule has 0 N–H and O–H groups in total. The van der Waals surface area contributed by atoms with Crippen LogP contribution in [-0.2, 0) is 4.79 Å². The maximum Gasteiger partial charge on any atom is 0.264 e. The van der Waals surface area contributed by atoms with Crippen molar-refractivity contribution in [2.75, 3.05) is 20.7 Å². The number of hydrazone groups is 1. The Hall–Kier alpha value is -3.16. The Kier molecular flexibility index (Phi) is 6.58. The smallest absolute Gasteiger partial charge is 0.264 e. The van der Waals surface area contributed by atoms with Crippen molar-refractivity contribution in [2.45, 2.75) is 12.5 Å². The minimum Gasteiger partial charge on any atom is -0.497 e. The minimum atomic E-state index is -0.286. The Labute approximate surface area is 195 Å². The molecule has 1 atom stereocenters. The van der Waals surface area contributed by atoms with Gasteiger partial charge in [-0.2, -0.15) is 5.10 Å². The van der Waals surface area contributed by atoms with Gasteiger partial charge in [0.2, 0.25) is 0 Å². The third-order valence-electron chi connectivity index (χ3n) is 5.27. The highest BCUT2D eigenvalue weighted by Crippen LogP contribution is 2.34. The summed E-state index contributed by atoms with van der Waals surface area (Å²) in [5.74, 6) is 0.280. The number of hydrogen-bond acceptors (Lipinski definition) is 5. The molecule has 1 aromatic heterocycles. The summed E-state index contributed by atoms with van der Waals surface area (Å²) < 4.78 is 5.33. The van der Waals surface area contributed by atoms with Crippen LogP contribution < -0.4 is 4.74 Å². The van der Waals surface area contributed by atoms with Gasteiger partial charge in [-0.3, -0.25) is 9.59 Å². The largest absolute Gasteiger partial charge is 0.497 e. The van der Waals surface area contributed by atoms with E-state index in [-0.39, 0.29) is 24.4 Å². The third kappa shape index (κ3) is 4.69. The molecular weight excluding hydrogens is 446 g/mol. The summed E-state index contributed by atoms with van der Waals surface area (Å²) in [6, 6.07) is 18.3. The molecule has 4 rings (SSSR count). The van der Waals surface area contributed by atoms with E-state index in [1.54, 1.807) is 32.4 Å². The molecule has 2 heterocycles. The molecule has 1 aliphatic heterocycles. The van der Waals surface area contributed by atoms with Gasteiger partial charge in [-0.1, -0.05) is 41.9 Å². The second-order valence-corrected chi connectivity index (χ2v) is 8.81. The van der Waals surface area contributed by atoms with Gasteiger partial charge in [-0.25, -0.2) is 5.01 Å². The van der Waals surface area contributed by atoms with Crippen molar-refractivity contribution in [1.82, 2.24) is 9.91 Å². The average molecular weight is 468 g/mol. The third-order valence-corrected chi connectivity index (χ3v) is 6.38. The number of likely N-dealkylation sites (N-methyl/N-ethyl adjacent to an activating group) is 1. The lowest BCUT2D eigenvalue weighted by Gasteiger charge is -2.24. The quantitative estimate of drug-likeness (QED) is 0.520. The van der Waals surface area contributed by atoms with Crippen molar-refractivity contribution in [3.05, 3.63) is 87.1 Å². The fourth-order valence-electron chi connectivity index (χ4n) is 3.60. The summed E-state index contributed by atoms with van der Waals surface area (Å²) in [5, 5.41) is 8.61. The molecule has 0 radical (unpaired) electrons. The van der Waals surface area contributed by atoms with E-state index in [0.717, 1.165) is 22.6 Å². The van der Waals surface area contributed by atoms with E-state index in [9.17, 15) is 9.59 Å². The van der Waals surface area contributed by atoms with E-state index in [1.807, 2.05) is 47.8 Å². The summed E-state index contributed by atoms with van der Waals surface area (Å²) in [7, 11) is 3.24. The van der Waals surface area contributed by atoms with Crippen LogP contribution in [0.2, 0.25) is 5.02 Å². The van der Waals surface area contributed by atoms with E-state index in [0.29, 0.717) is 16.3 Å². The molecule has 1 unspecified atom stereocenters. The fourth-order valence-corrected chi connectivity index (χ4v) is 4.44. The van der Waals surface area contributed by atoms with Gasteiger partial charge in [0.05, 0.1) is 23.7 Å². The second kappa shape index (κ2) is 9.54. The first kappa shape index (κ1) is 22.0. The standard InChI is InChI=1S/C24H22ClN3O3S/c1-27(24(30)22-7-4-12-32-22)15-23(29)28-21(16-8-10-18(25)11-9-16)14-20(26-28)17-5-3-6-19(13-17)31-2/h3-13,21H,14-15H2,1-2H3. The molecule has 0 saturated heterocycles. The number of carbonyl (C=O) groups excluding carboxylic acids is 2. The molecule has 0 fully saturated rings. The van der Waals surface area contributed by atoms with Crippen LogP contribution in [0.4, 0.5) is 0 Å². The second-order valence-electron chi connectivity index (χ2n) is 7.43. The highest BCUT2D eigenvalue weighted by atomic mass is 35.5. The Bertz CT molecular complexity index is 1150. The summed E-state index contributed by atoms with van der Waals surface area (Å²) in [4.78, 5) is 27.9. The van der Waals surface area contributed by atoms with Crippen molar-refractivity contribution in [1.29, 1.82) is 0 Å². The normalized spacial score (nSPS) is 15.4. The maximum absolute atomic E-state index is 13.3. The number of carbonyl (C=O) groups is 2. The van der Waals surface area contributed by atoms with Gasteiger partial charge in [0, 0.05) is 24.1 Å². The van der Waals surface area contributed by atoms with Gasteiger partial charge in [-0.15, -0.1) is 11.3 Å². The highest BCUT2D eigenvalue weighted by molar-refractivity contribution is 7.12. The van der Waals surface area contributed by atoms with Crippen molar-refractivity contribution in [2.24, 2.45) is 5.10 Å². The molecule has 0 saturated carbocycles. The lowest BCUT2D eigenvalue weighted by molar-refractivity contribution is -0.133. The molecule has 2 amide bonds. The number of thiophene rings is 1. The molecular formula is C24H22ClN3O3S. The van der Waals surface area contributed by atoms with Gasteiger partial charge >= 0.3 is 0 Å². The number of rotatable bonds is 6. The van der Waals surface area contributed by atoms with Crippen LogP contribution in [-0.4, -0.2) is 48.1 Å². The summed E-state index contributed by atoms with van der Waals surface area (Å²) in [6.45, 7) is -0.0737. The SMILES string of the molecule is COc1cccc(C2=NN(C(=O)CN(C)C(=O)c3cccs3)C(c3ccc(Cl)cc3)C2)c1. The number of methoxy groups -OCH3 is 1. The number of hydrogen-bond donors (Lipinski definition) is 0. The van der Waals surface area contributed by atoms with Gasteiger partial charge in [0.15, 0.2) is 0 Å². The molecule has 3 aromatic rings. The lowest BCUT2D eigenvalue weighted by Crippen LogP contribution is -2.39. The van der Waals surface area contributed by atoms with Crippen LogP contribution in [0.5, 0.6) is 5.75 Å². The topological polar surface area (TPSA) is 62.2 Å². The molecule has 164 valence electrons. The van der Waals surface area contributed by atoms with Gasteiger partial charge < -0.3 is 9.64 Å². The predicted octanol–water partition coefficient (Wildman–Crippen LogP) is 4.86. The molecule has 0 bridgehead atoms. The molecule has 0 aliphatic carbocycles. The average Bonchev–Trinajstić information content (AvgIpc) is 3.50. The van der Waals surface area contributed by atoms with Crippen LogP contribution in [0.1, 0.15) is 33.3 Å². The fraction of sp³-hybridized carbons (Fsp3) is 0.208. The molecule has 2 aromatic carbocycles. The summed E-state index contributed by atoms with van der Waals surface area (Å²) >= 11 is 7.41. The monoisotopic (exact) mass is 467 g/mol. The molecule has 1 aliphatic rings. The zero-order chi connectivity index (χ0) is 22.7. The van der Waals surface area contributed by atoms with Crippen molar-refractivity contribution in [3.63, 3.8) is 0 Å². The summed E-state index contributed by atoms with van der Waals surface area (Å²) in [5.41, 5.74) is 2.60. The highest BCUT2D eigenvalue weighted by Gasteiger charge is 2.34. The summed E-state index contributed by atoms with van der Waals surface area (Å²) in [6.07, 6.45) is 0.545. The van der Waals surface area contributed by atoms with E-state index in [2.05, 4.69) is 5.10 Å². The molecule has 32 heavy (non-hydrogen) atoms. The number of benzene rings is 2. The van der Waals surface area contributed by atoms with Crippen LogP contribution >= 0.6 is 22.9 Å². The lowest BCUT2D eigenvalue weighted by atomic mass is 9.98. The van der Waals surface area contributed by atoms with Gasteiger partial charge in [-0.05, 0) is 41.3 Å². The molecule has 6 nitrogen and oxygen atoms in total. The van der Waals surface area contributed by atoms with E-state index in [1.165, 1.54) is 21.2 Å². The number of amides is 2. The number of halogens is 1. The molecule has 0 spiro atoms. The van der Waals surface area contributed by atoms with E-state index in [4.69, 9.17) is 16.3 Å². The van der Waals surface area contributed by atoms with Crippen molar-refractivity contribution in [3.8, 4) is 5.75 Å². The van der Waals surface area contributed by atoms with E-state index < -0.39 is 0 Å². The van der Waals surface area contributed by atoms with Gasteiger partial charge in [0.1, 0.15) is 12.3 Å². The van der Waals surface area contributed by atoms with Crippen LogP contribution in [0.15, 0.2) is 71.1 Å². The van der Waals surface area contributed by atoms with Crippen LogP contribution in [0, 0.1) is 0 Å². The minimum absolute atomic E-state index is 0.0737. The van der Waals surface area contributed by atoms with Crippen LogP contribution in [0.25, 0.3) is 0 Å². The Balaban J connectivity index is 1.61. The van der Waals surface area contributed by atoms with E-state index >= 15 is 0 Å². The zero-order valence-electron chi connectivity index (χ0n) is 17.7.